The number of likely N-dealkylation sites (tertiary alicyclic amines) is 1. The summed E-state index contributed by atoms with van der Waals surface area (Å²) in [5, 5.41) is 7.46. The molecule has 0 unspecified atom stereocenters. The number of pyridine rings is 1. The Morgan fingerprint density at radius 1 is 1.23 bits per heavy atom. The van der Waals surface area contributed by atoms with Gasteiger partial charge in [0.25, 0.3) is 11.5 Å². The van der Waals surface area contributed by atoms with E-state index in [2.05, 4.69) is 20.6 Å². The molecule has 2 aliphatic carbocycles. The van der Waals surface area contributed by atoms with Crippen molar-refractivity contribution >= 4 is 56.5 Å². The minimum atomic E-state index is -0.728. The number of carbonyl (C=O) groups is 2. The SMILES string of the molecule is O=C1NC2(CCCCC2)n2c1c(Cl)cc(Nc1ncnc3sc4c(c13)CC[C@H](C(=O)N1C[C@H]3C[C@@H]1CO3)C4)c2=O. The summed E-state index contributed by atoms with van der Waals surface area (Å²) in [6.07, 6.45) is 9.20. The van der Waals surface area contributed by atoms with Crippen LogP contribution in [0.15, 0.2) is 17.2 Å². The number of hydrogen-bond acceptors (Lipinski definition) is 8. The molecule has 8 rings (SSSR count). The lowest BCUT2D eigenvalue weighted by Crippen LogP contribution is -2.48. The average Bonchev–Trinajstić information content (AvgIpc) is 3.73. The summed E-state index contributed by atoms with van der Waals surface area (Å²) in [7, 11) is 0. The van der Waals surface area contributed by atoms with E-state index in [-0.39, 0.29) is 51.8 Å². The van der Waals surface area contributed by atoms with Crippen LogP contribution >= 0.6 is 22.9 Å². The van der Waals surface area contributed by atoms with E-state index >= 15 is 0 Å². The van der Waals surface area contributed by atoms with Crippen LogP contribution in [0.5, 0.6) is 0 Å². The van der Waals surface area contributed by atoms with E-state index in [4.69, 9.17) is 16.3 Å². The van der Waals surface area contributed by atoms with Gasteiger partial charge in [-0.1, -0.05) is 18.0 Å². The molecule has 3 atom stereocenters. The number of aryl methyl sites for hydroxylation is 1. The number of thiophene rings is 1. The van der Waals surface area contributed by atoms with Gasteiger partial charge in [0, 0.05) is 17.3 Å². The fraction of sp³-hybridized carbons (Fsp3) is 0.536. The van der Waals surface area contributed by atoms with E-state index in [1.807, 2.05) is 4.90 Å². The molecule has 3 aromatic heterocycles. The van der Waals surface area contributed by atoms with Gasteiger partial charge >= 0.3 is 0 Å². The van der Waals surface area contributed by atoms with Gasteiger partial charge in [-0.2, -0.15) is 0 Å². The number of aromatic nitrogens is 3. The zero-order chi connectivity index (χ0) is 27.2. The maximum atomic E-state index is 13.9. The molecule has 1 spiro atoms. The third-order valence-electron chi connectivity index (χ3n) is 9.46. The number of hydrogen-bond donors (Lipinski definition) is 2. The summed E-state index contributed by atoms with van der Waals surface area (Å²) >= 11 is 8.21. The smallest absolute Gasteiger partial charge is 0.276 e. The minimum absolute atomic E-state index is 0.0406. The quantitative estimate of drug-likeness (QED) is 0.485. The van der Waals surface area contributed by atoms with Crippen molar-refractivity contribution in [1.82, 2.24) is 24.8 Å². The highest BCUT2D eigenvalue weighted by molar-refractivity contribution is 7.19. The number of amides is 2. The fourth-order valence-corrected chi connectivity index (χ4v) is 9.10. The second-order valence-corrected chi connectivity index (χ2v) is 13.2. The Morgan fingerprint density at radius 2 is 2.08 bits per heavy atom. The van der Waals surface area contributed by atoms with Crippen molar-refractivity contribution in [1.29, 1.82) is 0 Å². The van der Waals surface area contributed by atoms with Crippen molar-refractivity contribution in [3.8, 4) is 0 Å². The van der Waals surface area contributed by atoms with E-state index in [0.717, 1.165) is 59.2 Å². The summed E-state index contributed by atoms with van der Waals surface area (Å²) in [5.41, 5.74) is 0.642. The van der Waals surface area contributed by atoms with Crippen LogP contribution in [0.25, 0.3) is 10.2 Å². The Bertz CT molecular complexity index is 1650. The average molecular weight is 581 g/mol. The van der Waals surface area contributed by atoms with Gasteiger partial charge in [-0.15, -0.1) is 11.3 Å². The van der Waals surface area contributed by atoms with Gasteiger partial charge in [0.05, 0.1) is 29.2 Å². The van der Waals surface area contributed by atoms with Crippen LogP contribution in [0.1, 0.15) is 65.9 Å². The highest BCUT2D eigenvalue weighted by Crippen LogP contribution is 2.43. The van der Waals surface area contributed by atoms with Crippen LogP contribution < -0.4 is 16.2 Å². The van der Waals surface area contributed by atoms with Crippen molar-refractivity contribution in [2.24, 2.45) is 5.92 Å². The molecular weight excluding hydrogens is 552 g/mol. The molecule has 12 heteroatoms. The fourth-order valence-electron chi connectivity index (χ4n) is 7.55. The molecule has 2 amide bonds. The van der Waals surface area contributed by atoms with Crippen molar-refractivity contribution in [2.45, 2.75) is 75.6 Å². The molecule has 40 heavy (non-hydrogen) atoms. The molecule has 10 nitrogen and oxygen atoms in total. The van der Waals surface area contributed by atoms with Gasteiger partial charge in [-0.3, -0.25) is 19.0 Å². The normalized spacial score (nSPS) is 26.3. The van der Waals surface area contributed by atoms with Gasteiger partial charge in [-0.05, 0) is 63.0 Å². The lowest BCUT2D eigenvalue weighted by molar-refractivity contribution is -0.140. The van der Waals surface area contributed by atoms with E-state index in [0.29, 0.717) is 38.2 Å². The Morgan fingerprint density at radius 3 is 2.85 bits per heavy atom. The molecule has 0 aromatic carbocycles. The predicted molar refractivity (Wildman–Crippen MR) is 150 cm³/mol. The number of morpholine rings is 1. The topological polar surface area (TPSA) is 118 Å². The Balaban J connectivity index is 1.13. The molecule has 3 aliphatic heterocycles. The van der Waals surface area contributed by atoms with Gasteiger partial charge in [0.15, 0.2) is 0 Å². The van der Waals surface area contributed by atoms with Crippen molar-refractivity contribution in [2.75, 3.05) is 18.5 Å². The van der Waals surface area contributed by atoms with Crippen molar-refractivity contribution in [3.05, 3.63) is 43.9 Å². The van der Waals surface area contributed by atoms with E-state index in [1.54, 1.807) is 15.9 Å². The summed E-state index contributed by atoms with van der Waals surface area (Å²) in [5.74, 6) is 0.445. The largest absolute Gasteiger partial charge is 0.374 e. The van der Waals surface area contributed by atoms with E-state index < -0.39 is 5.66 Å². The third-order valence-corrected chi connectivity index (χ3v) is 10.9. The molecule has 1 saturated carbocycles. The lowest BCUT2D eigenvalue weighted by atomic mass is 9.86. The van der Waals surface area contributed by atoms with Gasteiger partial charge in [0.2, 0.25) is 5.91 Å². The highest BCUT2D eigenvalue weighted by Gasteiger charge is 2.46. The van der Waals surface area contributed by atoms with Crippen LogP contribution in [-0.2, 0) is 28.0 Å². The van der Waals surface area contributed by atoms with Gasteiger partial charge in [-0.25, -0.2) is 9.97 Å². The Kier molecular flexibility index (Phi) is 5.56. The zero-order valence-corrected chi connectivity index (χ0v) is 23.4. The van der Waals surface area contributed by atoms with Crippen LogP contribution in [0.2, 0.25) is 5.02 Å². The standard InChI is InChI=1S/C28H29ClN6O4S/c29-18-10-19(27(38)35-22(18)24(36)33-28(35)6-2-1-3-7-28)32-23-21-17-5-4-14(8-20(17)40-25(21)31-13-30-23)26(37)34-11-16-9-15(34)12-39-16/h10,13-16H,1-9,11-12H2,(H,33,36)(H,30,31,32)/t14-,15+,16+/m0/s1. The number of anilines is 2. The summed E-state index contributed by atoms with van der Waals surface area (Å²) < 4.78 is 7.27. The maximum absolute atomic E-state index is 13.9. The Labute approximate surface area is 239 Å². The summed E-state index contributed by atoms with van der Waals surface area (Å²) in [4.78, 5) is 53.2. The van der Waals surface area contributed by atoms with E-state index in [9.17, 15) is 14.4 Å². The maximum Gasteiger partial charge on any atom is 0.276 e. The molecule has 6 heterocycles. The number of carbonyl (C=O) groups excluding carboxylic acids is 2. The number of ether oxygens (including phenoxy) is 1. The molecular formula is C28H29ClN6O4S. The third kappa shape index (κ3) is 3.60. The first-order valence-electron chi connectivity index (χ1n) is 14.1. The van der Waals surface area contributed by atoms with Crippen LogP contribution in [-0.4, -0.2) is 56.5 Å². The zero-order valence-electron chi connectivity index (χ0n) is 21.9. The number of halogens is 1. The molecule has 2 saturated heterocycles. The minimum Gasteiger partial charge on any atom is -0.374 e. The first-order chi connectivity index (χ1) is 19.4. The first kappa shape index (κ1) is 24.8. The van der Waals surface area contributed by atoms with Crippen molar-refractivity contribution < 1.29 is 14.3 Å². The van der Waals surface area contributed by atoms with Gasteiger partial charge in [0.1, 0.15) is 34.0 Å². The lowest BCUT2D eigenvalue weighted by Gasteiger charge is -2.35. The van der Waals surface area contributed by atoms with E-state index in [1.165, 1.54) is 12.4 Å². The molecule has 5 aliphatic rings. The molecule has 3 aromatic rings. The number of nitrogens with one attached hydrogen (secondary N) is 2. The monoisotopic (exact) mass is 580 g/mol. The van der Waals surface area contributed by atoms with Gasteiger partial charge < -0.3 is 20.3 Å². The highest BCUT2D eigenvalue weighted by atomic mass is 35.5. The summed E-state index contributed by atoms with van der Waals surface area (Å²) in [6.45, 7) is 1.36. The van der Waals surface area contributed by atoms with Crippen LogP contribution in [0.4, 0.5) is 11.5 Å². The molecule has 2 N–H and O–H groups in total. The second kappa shape index (κ2) is 8.99. The van der Waals surface area contributed by atoms with Crippen LogP contribution in [0.3, 0.4) is 0 Å². The molecule has 208 valence electrons. The number of fused-ring (bicyclic) bond motifs is 7. The Hall–Kier alpha value is -3.02. The van der Waals surface area contributed by atoms with Crippen LogP contribution in [0, 0.1) is 5.92 Å². The predicted octanol–water partition coefficient (Wildman–Crippen LogP) is 3.71. The molecule has 0 radical (unpaired) electrons. The first-order valence-corrected chi connectivity index (χ1v) is 15.3. The summed E-state index contributed by atoms with van der Waals surface area (Å²) in [6, 6.07) is 1.76. The molecule has 2 bridgehead atoms. The number of rotatable bonds is 3. The molecule has 3 fully saturated rings. The van der Waals surface area contributed by atoms with Crippen molar-refractivity contribution in [3.63, 3.8) is 0 Å². The number of nitrogens with zero attached hydrogens (tertiary/aromatic N) is 4. The second-order valence-electron chi connectivity index (χ2n) is 11.7.